The summed E-state index contributed by atoms with van der Waals surface area (Å²) in [6.07, 6.45) is 0. The van der Waals surface area contributed by atoms with E-state index in [0.29, 0.717) is 18.1 Å². The monoisotopic (exact) mass is 241 g/mol. The molecule has 0 N–H and O–H groups in total. The molecular weight excluding hydrogens is 226 g/mol. The van der Waals surface area contributed by atoms with Crippen LogP contribution in [0.5, 0.6) is 5.75 Å². The molecule has 0 aromatic heterocycles. The number of carbonyl (C=O) groups is 1. The number of nitrogens with zero attached hydrogens (tertiary/aromatic N) is 1. The molecule has 0 unspecified atom stereocenters. The standard InChI is InChI=1S/C12H16ClNO2/c1-9(15)7-14(2)8-10-4-5-11(16-3)6-12(10)13/h4-6H,7-8H2,1-3H3. The highest BCUT2D eigenvalue weighted by Gasteiger charge is 2.07. The van der Waals surface area contributed by atoms with Crippen molar-refractivity contribution in [2.24, 2.45) is 0 Å². The second-order valence-corrected chi connectivity index (χ2v) is 4.24. The molecule has 0 fully saturated rings. The van der Waals surface area contributed by atoms with Crippen molar-refractivity contribution in [1.29, 1.82) is 0 Å². The fourth-order valence-electron chi connectivity index (χ4n) is 1.51. The molecule has 0 aliphatic heterocycles. The minimum absolute atomic E-state index is 0.145. The van der Waals surface area contributed by atoms with Gasteiger partial charge >= 0.3 is 0 Å². The summed E-state index contributed by atoms with van der Waals surface area (Å²) in [6.45, 7) is 2.66. The maximum atomic E-state index is 10.9. The molecule has 0 aliphatic rings. The minimum Gasteiger partial charge on any atom is -0.497 e. The molecule has 0 aliphatic carbocycles. The van der Waals surface area contributed by atoms with Crippen LogP contribution in [0.4, 0.5) is 0 Å². The first-order chi connectivity index (χ1) is 7.52. The van der Waals surface area contributed by atoms with Gasteiger partial charge in [-0.15, -0.1) is 0 Å². The van der Waals surface area contributed by atoms with Crippen LogP contribution < -0.4 is 4.74 Å². The Balaban J connectivity index is 2.70. The zero-order valence-corrected chi connectivity index (χ0v) is 10.5. The molecular formula is C12H16ClNO2. The van der Waals surface area contributed by atoms with Gasteiger partial charge in [-0.2, -0.15) is 0 Å². The second kappa shape index (κ2) is 5.87. The highest BCUT2D eigenvalue weighted by atomic mass is 35.5. The van der Waals surface area contributed by atoms with Crippen molar-refractivity contribution < 1.29 is 9.53 Å². The first kappa shape index (κ1) is 13.0. The van der Waals surface area contributed by atoms with Gasteiger partial charge in [-0.1, -0.05) is 17.7 Å². The van der Waals surface area contributed by atoms with E-state index in [2.05, 4.69) is 0 Å². The van der Waals surface area contributed by atoms with Crippen molar-refractivity contribution in [2.75, 3.05) is 20.7 Å². The van der Waals surface area contributed by atoms with Crippen molar-refractivity contribution >= 4 is 17.4 Å². The third-order valence-corrected chi connectivity index (χ3v) is 2.54. The van der Waals surface area contributed by atoms with Crippen molar-refractivity contribution in [3.63, 3.8) is 0 Å². The molecule has 16 heavy (non-hydrogen) atoms. The Labute approximate surface area is 101 Å². The van der Waals surface area contributed by atoms with Crippen LogP contribution in [0.3, 0.4) is 0 Å². The van der Waals surface area contributed by atoms with Crippen LogP contribution in [0.2, 0.25) is 5.02 Å². The third-order valence-electron chi connectivity index (χ3n) is 2.19. The van der Waals surface area contributed by atoms with Gasteiger partial charge in [-0.3, -0.25) is 9.69 Å². The van der Waals surface area contributed by atoms with E-state index in [0.717, 1.165) is 11.3 Å². The SMILES string of the molecule is COc1ccc(CN(C)CC(C)=O)c(Cl)c1. The normalized spacial score (nSPS) is 10.6. The Hall–Kier alpha value is -1.06. The average Bonchev–Trinajstić information content (AvgIpc) is 2.19. The molecule has 4 heteroatoms. The van der Waals surface area contributed by atoms with Crippen molar-refractivity contribution in [1.82, 2.24) is 4.90 Å². The zero-order valence-electron chi connectivity index (χ0n) is 9.79. The first-order valence-corrected chi connectivity index (χ1v) is 5.41. The van der Waals surface area contributed by atoms with Crippen LogP contribution in [-0.2, 0) is 11.3 Å². The Kier molecular flexibility index (Phi) is 4.77. The van der Waals surface area contributed by atoms with E-state index in [1.54, 1.807) is 20.1 Å². The number of halogens is 1. The van der Waals surface area contributed by atoms with Gasteiger partial charge in [0.05, 0.1) is 13.7 Å². The summed E-state index contributed by atoms with van der Waals surface area (Å²) >= 11 is 6.10. The predicted octanol–water partition coefficient (Wildman–Crippen LogP) is 2.37. The zero-order chi connectivity index (χ0) is 12.1. The highest BCUT2D eigenvalue weighted by molar-refractivity contribution is 6.31. The van der Waals surface area contributed by atoms with Gasteiger partial charge in [0.25, 0.3) is 0 Å². The molecule has 0 spiro atoms. The lowest BCUT2D eigenvalue weighted by molar-refractivity contribution is -0.117. The van der Waals surface area contributed by atoms with Gasteiger partial charge in [0.2, 0.25) is 0 Å². The molecule has 0 bridgehead atoms. The van der Waals surface area contributed by atoms with Gasteiger partial charge in [0, 0.05) is 11.6 Å². The number of ketones is 1. The number of carbonyl (C=O) groups excluding carboxylic acids is 1. The fraction of sp³-hybridized carbons (Fsp3) is 0.417. The number of hydrogen-bond donors (Lipinski definition) is 0. The summed E-state index contributed by atoms with van der Waals surface area (Å²) in [5, 5.41) is 0.662. The van der Waals surface area contributed by atoms with Crippen LogP contribution in [0.15, 0.2) is 18.2 Å². The Morgan fingerprint density at radius 1 is 1.50 bits per heavy atom. The molecule has 1 aromatic carbocycles. The molecule has 0 amide bonds. The van der Waals surface area contributed by atoms with E-state index in [-0.39, 0.29) is 5.78 Å². The van der Waals surface area contributed by atoms with E-state index in [4.69, 9.17) is 16.3 Å². The lowest BCUT2D eigenvalue weighted by Crippen LogP contribution is -2.23. The molecule has 3 nitrogen and oxygen atoms in total. The number of likely N-dealkylation sites (N-methyl/N-ethyl adjacent to an activating group) is 1. The molecule has 0 saturated heterocycles. The predicted molar refractivity (Wildman–Crippen MR) is 65.0 cm³/mol. The lowest BCUT2D eigenvalue weighted by Gasteiger charge is -2.16. The Morgan fingerprint density at radius 2 is 2.19 bits per heavy atom. The first-order valence-electron chi connectivity index (χ1n) is 5.03. The van der Waals surface area contributed by atoms with Crippen molar-refractivity contribution in [3.8, 4) is 5.75 Å². The molecule has 1 rings (SSSR count). The summed E-state index contributed by atoms with van der Waals surface area (Å²) in [6, 6.07) is 5.55. The molecule has 0 radical (unpaired) electrons. The van der Waals surface area contributed by atoms with Crippen LogP contribution in [0, 0.1) is 0 Å². The van der Waals surface area contributed by atoms with Crippen LogP contribution in [0.25, 0.3) is 0 Å². The number of benzene rings is 1. The van der Waals surface area contributed by atoms with Gasteiger partial charge in [-0.05, 0) is 31.7 Å². The summed E-state index contributed by atoms with van der Waals surface area (Å²) in [5.41, 5.74) is 0.992. The maximum Gasteiger partial charge on any atom is 0.143 e. The van der Waals surface area contributed by atoms with Gasteiger partial charge in [0.15, 0.2) is 0 Å². The van der Waals surface area contributed by atoms with Gasteiger partial charge < -0.3 is 4.74 Å². The smallest absolute Gasteiger partial charge is 0.143 e. The molecule has 0 saturated carbocycles. The molecule has 0 atom stereocenters. The fourth-order valence-corrected chi connectivity index (χ4v) is 1.74. The Morgan fingerprint density at radius 3 is 2.69 bits per heavy atom. The number of methoxy groups -OCH3 is 1. The van der Waals surface area contributed by atoms with Crippen molar-refractivity contribution in [2.45, 2.75) is 13.5 Å². The van der Waals surface area contributed by atoms with E-state index in [9.17, 15) is 4.79 Å². The van der Waals surface area contributed by atoms with Crippen LogP contribution >= 0.6 is 11.6 Å². The topological polar surface area (TPSA) is 29.5 Å². The molecule has 0 heterocycles. The summed E-state index contributed by atoms with van der Waals surface area (Å²) in [7, 11) is 3.50. The number of hydrogen-bond acceptors (Lipinski definition) is 3. The van der Waals surface area contributed by atoms with E-state index >= 15 is 0 Å². The van der Waals surface area contributed by atoms with E-state index in [1.165, 1.54) is 0 Å². The van der Waals surface area contributed by atoms with E-state index < -0.39 is 0 Å². The maximum absolute atomic E-state index is 10.9. The summed E-state index contributed by atoms with van der Waals surface area (Å²) in [4.78, 5) is 12.9. The molecule has 88 valence electrons. The largest absolute Gasteiger partial charge is 0.497 e. The van der Waals surface area contributed by atoms with Gasteiger partial charge in [-0.25, -0.2) is 0 Å². The summed E-state index contributed by atoms with van der Waals surface area (Å²) in [5.74, 6) is 0.884. The quantitative estimate of drug-likeness (QED) is 0.793. The number of ether oxygens (including phenoxy) is 1. The van der Waals surface area contributed by atoms with Gasteiger partial charge in [0.1, 0.15) is 11.5 Å². The summed E-state index contributed by atoms with van der Waals surface area (Å²) < 4.78 is 5.07. The highest BCUT2D eigenvalue weighted by Crippen LogP contribution is 2.23. The Bertz CT molecular complexity index is 379. The van der Waals surface area contributed by atoms with Crippen LogP contribution in [-0.4, -0.2) is 31.4 Å². The average molecular weight is 242 g/mol. The van der Waals surface area contributed by atoms with Crippen LogP contribution in [0.1, 0.15) is 12.5 Å². The number of Topliss-reactive ketones (excluding diaryl/α,β-unsaturated/α-hetero) is 1. The lowest BCUT2D eigenvalue weighted by atomic mass is 10.2. The third kappa shape index (κ3) is 3.83. The number of rotatable bonds is 5. The second-order valence-electron chi connectivity index (χ2n) is 3.83. The minimum atomic E-state index is 0.145. The molecule has 1 aromatic rings. The van der Waals surface area contributed by atoms with Crippen molar-refractivity contribution in [3.05, 3.63) is 28.8 Å². The van der Waals surface area contributed by atoms with E-state index in [1.807, 2.05) is 24.1 Å².